The maximum Gasteiger partial charge on any atom is 0.132 e. The minimum atomic E-state index is 0.716. The van der Waals surface area contributed by atoms with Crippen LogP contribution in [0.1, 0.15) is 5.69 Å². The molecule has 1 heterocycles. The molecule has 0 saturated heterocycles. The molecule has 56 valence electrons. The normalized spacial score (nSPS) is 10.7. The number of nitrogen functional groups attached to an aromatic ring is 1. The van der Waals surface area contributed by atoms with Crippen LogP contribution in [0.2, 0.25) is 0 Å². The molecule has 0 bridgehead atoms. The lowest BCUT2D eigenvalue weighted by molar-refractivity contribution is 0.397. The summed E-state index contributed by atoms with van der Waals surface area (Å²) in [5, 5.41) is 4.57. The van der Waals surface area contributed by atoms with E-state index in [-0.39, 0.29) is 0 Å². The van der Waals surface area contributed by atoms with Gasteiger partial charge in [0.15, 0.2) is 0 Å². The summed E-state index contributed by atoms with van der Waals surface area (Å²) in [6, 6.07) is 0. The van der Waals surface area contributed by atoms with E-state index in [1.807, 2.05) is 19.0 Å². The second kappa shape index (κ2) is 2.94. The smallest absolute Gasteiger partial charge is 0.132 e. The van der Waals surface area contributed by atoms with E-state index in [1.54, 1.807) is 0 Å². The Kier molecular flexibility index (Phi) is 2.18. The third-order valence-corrected chi connectivity index (χ3v) is 1.65. The maximum atomic E-state index is 5.56. The molecule has 0 aromatic carbocycles. The van der Waals surface area contributed by atoms with Crippen molar-refractivity contribution >= 4 is 16.5 Å². The zero-order chi connectivity index (χ0) is 7.56. The molecule has 4 nitrogen and oxygen atoms in total. The molecule has 0 aliphatic heterocycles. The largest absolute Gasteiger partial charge is 0.388 e. The Morgan fingerprint density at radius 1 is 1.60 bits per heavy atom. The predicted octanol–water partition coefficient (Wildman–Crippen LogP) is 0.182. The Morgan fingerprint density at radius 2 is 2.30 bits per heavy atom. The number of aromatic nitrogens is 2. The highest BCUT2D eigenvalue weighted by Gasteiger charge is 2.03. The summed E-state index contributed by atoms with van der Waals surface area (Å²) >= 11 is 1.24. The zero-order valence-corrected chi connectivity index (χ0v) is 6.85. The van der Waals surface area contributed by atoms with Gasteiger partial charge in [-0.25, -0.2) is 0 Å². The van der Waals surface area contributed by atoms with Crippen molar-refractivity contribution in [3.05, 3.63) is 5.69 Å². The summed E-state index contributed by atoms with van der Waals surface area (Å²) < 4.78 is 3.71. The summed E-state index contributed by atoms with van der Waals surface area (Å²) in [6.45, 7) is 0.766. The number of hydrogen-bond donors (Lipinski definition) is 1. The van der Waals surface area contributed by atoms with Gasteiger partial charge in [0.2, 0.25) is 0 Å². The third kappa shape index (κ3) is 1.65. The van der Waals surface area contributed by atoms with Crippen molar-refractivity contribution in [2.24, 2.45) is 0 Å². The average Bonchev–Trinajstić information content (AvgIpc) is 2.15. The lowest BCUT2D eigenvalue weighted by atomic mass is 10.4. The third-order valence-electron chi connectivity index (χ3n) is 1.05. The van der Waals surface area contributed by atoms with E-state index in [2.05, 4.69) is 9.59 Å². The lowest BCUT2D eigenvalue weighted by Gasteiger charge is -2.05. The fraction of sp³-hybridized carbons (Fsp3) is 0.600. The molecular weight excluding hydrogens is 148 g/mol. The van der Waals surface area contributed by atoms with Gasteiger partial charge in [0, 0.05) is 18.1 Å². The molecule has 0 aliphatic carbocycles. The molecule has 1 rings (SSSR count). The second-order valence-corrected chi connectivity index (χ2v) is 3.11. The molecule has 0 amide bonds. The highest BCUT2D eigenvalue weighted by molar-refractivity contribution is 7.09. The molecule has 0 spiro atoms. The van der Waals surface area contributed by atoms with Gasteiger partial charge < -0.3 is 10.6 Å². The van der Waals surface area contributed by atoms with Gasteiger partial charge in [-0.15, -0.1) is 5.10 Å². The van der Waals surface area contributed by atoms with Crippen molar-refractivity contribution in [3.8, 4) is 0 Å². The van der Waals surface area contributed by atoms with Crippen LogP contribution in [-0.2, 0) is 6.54 Å². The Balaban J connectivity index is 2.65. The first-order valence-corrected chi connectivity index (χ1v) is 3.69. The Hall–Kier alpha value is -0.680. The first-order chi connectivity index (χ1) is 4.70. The SMILES string of the molecule is CN(C)Cc1nnsc1N. The van der Waals surface area contributed by atoms with Crippen LogP contribution in [0.4, 0.5) is 5.00 Å². The van der Waals surface area contributed by atoms with E-state index in [1.165, 1.54) is 11.5 Å². The van der Waals surface area contributed by atoms with Gasteiger partial charge in [-0.1, -0.05) is 4.49 Å². The van der Waals surface area contributed by atoms with Crippen LogP contribution in [0.15, 0.2) is 0 Å². The Bertz CT molecular complexity index is 207. The summed E-state index contributed by atoms with van der Waals surface area (Å²) in [4.78, 5) is 2.01. The molecule has 0 radical (unpaired) electrons. The van der Waals surface area contributed by atoms with E-state index < -0.39 is 0 Å². The molecular formula is C5H10N4S. The highest BCUT2D eigenvalue weighted by atomic mass is 32.1. The summed E-state index contributed by atoms with van der Waals surface area (Å²) in [7, 11) is 3.94. The van der Waals surface area contributed by atoms with Crippen LogP contribution in [0.25, 0.3) is 0 Å². The van der Waals surface area contributed by atoms with Gasteiger partial charge in [-0.05, 0) is 14.1 Å². The molecule has 1 aromatic rings. The van der Waals surface area contributed by atoms with Gasteiger partial charge in [0.1, 0.15) is 10.7 Å². The van der Waals surface area contributed by atoms with Crippen molar-refractivity contribution in [2.75, 3.05) is 19.8 Å². The molecule has 5 heteroatoms. The summed E-state index contributed by atoms with van der Waals surface area (Å²) in [6.07, 6.45) is 0. The van der Waals surface area contributed by atoms with Crippen molar-refractivity contribution in [3.63, 3.8) is 0 Å². The van der Waals surface area contributed by atoms with Crippen LogP contribution in [0, 0.1) is 0 Å². The topological polar surface area (TPSA) is 55.0 Å². The van der Waals surface area contributed by atoms with Crippen LogP contribution in [0.3, 0.4) is 0 Å². The number of nitrogens with zero attached hydrogens (tertiary/aromatic N) is 3. The minimum Gasteiger partial charge on any atom is -0.388 e. The van der Waals surface area contributed by atoms with Crippen LogP contribution >= 0.6 is 11.5 Å². The lowest BCUT2D eigenvalue weighted by Crippen LogP contribution is -2.12. The quantitative estimate of drug-likeness (QED) is 0.667. The predicted molar refractivity (Wildman–Crippen MR) is 41.7 cm³/mol. The maximum absolute atomic E-state index is 5.56. The average molecular weight is 158 g/mol. The molecule has 10 heavy (non-hydrogen) atoms. The molecule has 0 fully saturated rings. The highest BCUT2D eigenvalue weighted by Crippen LogP contribution is 2.12. The molecule has 1 aromatic heterocycles. The van der Waals surface area contributed by atoms with Crippen LogP contribution in [0.5, 0.6) is 0 Å². The van der Waals surface area contributed by atoms with E-state index in [4.69, 9.17) is 5.73 Å². The number of anilines is 1. The first-order valence-electron chi connectivity index (χ1n) is 2.91. The Morgan fingerprint density at radius 3 is 2.70 bits per heavy atom. The Labute approximate surface area is 63.8 Å². The van der Waals surface area contributed by atoms with Crippen LogP contribution < -0.4 is 5.73 Å². The van der Waals surface area contributed by atoms with Crippen LogP contribution in [-0.4, -0.2) is 28.6 Å². The molecule has 0 unspecified atom stereocenters. The van der Waals surface area contributed by atoms with Gasteiger partial charge in [0.05, 0.1) is 0 Å². The molecule has 2 N–H and O–H groups in total. The van der Waals surface area contributed by atoms with E-state index in [9.17, 15) is 0 Å². The minimum absolute atomic E-state index is 0.716. The summed E-state index contributed by atoms with van der Waals surface area (Å²) in [5.41, 5.74) is 6.43. The van der Waals surface area contributed by atoms with E-state index in [0.29, 0.717) is 5.00 Å². The molecule has 0 saturated carbocycles. The number of hydrogen-bond acceptors (Lipinski definition) is 5. The molecule has 0 aliphatic rings. The van der Waals surface area contributed by atoms with Crippen molar-refractivity contribution in [1.82, 2.24) is 14.5 Å². The standard InChI is InChI=1S/C5H10N4S/c1-9(2)3-4-5(6)10-8-7-4/h3,6H2,1-2H3. The van der Waals surface area contributed by atoms with Gasteiger partial charge in [-0.3, -0.25) is 0 Å². The van der Waals surface area contributed by atoms with Gasteiger partial charge in [0.25, 0.3) is 0 Å². The zero-order valence-electron chi connectivity index (χ0n) is 6.03. The van der Waals surface area contributed by atoms with Gasteiger partial charge in [-0.2, -0.15) is 0 Å². The fourth-order valence-electron chi connectivity index (χ4n) is 0.625. The van der Waals surface area contributed by atoms with Crippen molar-refractivity contribution < 1.29 is 0 Å². The second-order valence-electron chi connectivity index (χ2n) is 2.32. The monoisotopic (exact) mass is 158 g/mol. The fourth-order valence-corrected chi connectivity index (χ4v) is 1.06. The first kappa shape index (κ1) is 7.43. The van der Waals surface area contributed by atoms with Crippen molar-refractivity contribution in [1.29, 1.82) is 0 Å². The van der Waals surface area contributed by atoms with E-state index in [0.717, 1.165) is 12.2 Å². The van der Waals surface area contributed by atoms with Crippen molar-refractivity contribution in [2.45, 2.75) is 6.54 Å². The molecule has 0 atom stereocenters. The van der Waals surface area contributed by atoms with Gasteiger partial charge >= 0.3 is 0 Å². The summed E-state index contributed by atoms with van der Waals surface area (Å²) in [5.74, 6) is 0. The number of nitrogens with two attached hydrogens (primary N) is 1. The number of rotatable bonds is 2. The van der Waals surface area contributed by atoms with E-state index >= 15 is 0 Å².